The third kappa shape index (κ3) is 3.27. The van der Waals surface area contributed by atoms with Crippen molar-refractivity contribution in [2.45, 2.75) is 13.5 Å². The lowest BCUT2D eigenvalue weighted by molar-refractivity contribution is 1.01. The molecule has 23 heavy (non-hydrogen) atoms. The van der Waals surface area contributed by atoms with Gasteiger partial charge in [0.1, 0.15) is 6.54 Å². The van der Waals surface area contributed by atoms with Crippen LogP contribution < -0.4 is 0 Å². The summed E-state index contributed by atoms with van der Waals surface area (Å²) in [6.45, 7) is 2.00. The first-order valence-electron chi connectivity index (χ1n) is 7.16. The topological polar surface area (TPSA) is 55.2 Å². The van der Waals surface area contributed by atoms with Crippen molar-refractivity contribution < 1.29 is 0 Å². The van der Waals surface area contributed by atoms with Gasteiger partial charge in [-0.05, 0) is 24.6 Å². The number of hydrogen-bond acceptors (Lipinski definition) is 4. The van der Waals surface area contributed by atoms with Gasteiger partial charge in [-0.15, -0.1) is 0 Å². The van der Waals surface area contributed by atoms with Crippen molar-refractivity contribution in [2.75, 3.05) is 0 Å². The molecule has 0 bridgehead atoms. The van der Waals surface area contributed by atoms with Gasteiger partial charge >= 0.3 is 0 Å². The van der Waals surface area contributed by atoms with Crippen molar-refractivity contribution >= 4 is 11.6 Å². The molecule has 1 aromatic heterocycles. The first kappa shape index (κ1) is 15.3. The largest absolute Gasteiger partial charge is 0.236 e. The van der Waals surface area contributed by atoms with Crippen molar-refractivity contribution in [3.63, 3.8) is 0 Å². The van der Waals surface area contributed by atoms with Gasteiger partial charge in [-0.1, -0.05) is 53.2 Å². The molecular formula is C18H14ClN3O. The predicted octanol–water partition coefficient (Wildman–Crippen LogP) is 5.04. The monoisotopic (exact) mass is 323 g/mol. The zero-order valence-corrected chi connectivity index (χ0v) is 13.3. The van der Waals surface area contributed by atoms with Gasteiger partial charge in [0.25, 0.3) is 0 Å². The lowest BCUT2D eigenvalue weighted by Crippen LogP contribution is -1.99. The fourth-order valence-corrected chi connectivity index (χ4v) is 2.67. The van der Waals surface area contributed by atoms with Crippen LogP contribution in [0, 0.1) is 11.8 Å². The van der Waals surface area contributed by atoms with Gasteiger partial charge < -0.3 is 0 Å². The van der Waals surface area contributed by atoms with E-state index in [2.05, 4.69) is 15.1 Å². The van der Waals surface area contributed by atoms with Crippen LogP contribution in [0.15, 0.2) is 59.9 Å². The molecule has 0 aliphatic carbocycles. The molecule has 0 aliphatic rings. The molecule has 0 spiro atoms. The number of aromatic nitrogens is 2. The summed E-state index contributed by atoms with van der Waals surface area (Å²) >= 11 is 6.03. The zero-order chi connectivity index (χ0) is 16.2. The van der Waals surface area contributed by atoms with Gasteiger partial charge in [0.05, 0.1) is 5.69 Å². The molecular weight excluding hydrogens is 310 g/mol. The normalized spacial score (nSPS) is 10.5. The van der Waals surface area contributed by atoms with Crippen LogP contribution in [0.2, 0.25) is 5.02 Å². The number of nitrogens with zero attached hydrogens (tertiary/aromatic N) is 3. The van der Waals surface area contributed by atoms with Crippen molar-refractivity contribution in [1.29, 1.82) is 0 Å². The summed E-state index contributed by atoms with van der Waals surface area (Å²) in [5.74, 6) is 0.615. The molecule has 4 nitrogen and oxygen atoms in total. The minimum absolute atomic E-state index is 0.0342. The molecule has 0 saturated heterocycles. The first-order valence-corrected chi connectivity index (χ1v) is 7.54. The molecule has 5 heteroatoms. The molecule has 0 aliphatic heterocycles. The fraction of sp³-hybridized carbons (Fsp3) is 0.111. The summed E-state index contributed by atoms with van der Waals surface area (Å²) < 4.78 is 0. The summed E-state index contributed by atoms with van der Waals surface area (Å²) in [4.78, 5) is 19.8. The molecule has 0 N–H and O–H groups in total. The number of nitroso groups, excluding NO2 is 1. The number of aryl methyl sites for hydroxylation is 1. The second-order valence-electron chi connectivity index (χ2n) is 5.18. The van der Waals surface area contributed by atoms with E-state index in [-0.39, 0.29) is 6.54 Å². The second kappa shape index (κ2) is 6.67. The summed E-state index contributed by atoms with van der Waals surface area (Å²) in [6.07, 6.45) is 1.67. The molecule has 2 aromatic carbocycles. The van der Waals surface area contributed by atoms with E-state index >= 15 is 0 Å². The second-order valence-corrected chi connectivity index (χ2v) is 5.62. The lowest BCUT2D eigenvalue weighted by atomic mass is 10.0. The van der Waals surface area contributed by atoms with Gasteiger partial charge in [0, 0.05) is 27.9 Å². The van der Waals surface area contributed by atoms with Crippen molar-refractivity contribution in [1.82, 2.24) is 9.97 Å². The van der Waals surface area contributed by atoms with Crippen molar-refractivity contribution in [3.05, 3.63) is 75.8 Å². The van der Waals surface area contributed by atoms with Crippen molar-refractivity contribution in [3.8, 4) is 22.6 Å². The minimum atomic E-state index is 0.0342. The molecule has 1 heterocycles. The lowest BCUT2D eigenvalue weighted by Gasteiger charge is -2.11. The third-order valence-corrected chi connectivity index (χ3v) is 3.81. The highest BCUT2D eigenvalue weighted by Gasteiger charge is 2.13. The van der Waals surface area contributed by atoms with Crippen LogP contribution >= 0.6 is 11.6 Å². The SMILES string of the molecule is Cc1cc(Cl)ccc1-c1nc(-c2ccccc2)ncc1CN=O. The molecule has 0 fully saturated rings. The Hall–Kier alpha value is -2.59. The Labute approximate surface area is 139 Å². The number of halogens is 1. The van der Waals surface area contributed by atoms with E-state index < -0.39 is 0 Å². The van der Waals surface area contributed by atoms with Crippen LogP contribution in [0.25, 0.3) is 22.6 Å². The Morgan fingerprint density at radius 2 is 1.91 bits per heavy atom. The van der Waals surface area contributed by atoms with Gasteiger partial charge in [-0.3, -0.25) is 0 Å². The summed E-state index contributed by atoms with van der Waals surface area (Å²) in [5.41, 5.74) is 4.25. The predicted molar refractivity (Wildman–Crippen MR) is 92.2 cm³/mol. The Kier molecular flexibility index (Phi) is 4.44. The van der Waals surface area contributed by atoms with Gasteiger partial charge in [0.15, 0.2) is 5.82 Å². The van der Waals surface area contributed by atoms with Crippen molar-refractivity contribution in [2.24, 2.45) is 5.18 Å². The van der Waals surface area contributed by atoms with Crippen LogP contribution in [-0.2, 0) is 6.54 Å². The maximum absolute atomic E-state index is 10.7. The molecule has 0 amide bonds. The minimum Gasteiger partial charge on any atom is -0.236 e. The maximum Gasteiger partial charge on any atom is 0.159 e. The average molecular weight is 324 g/mol. The molecule has 0 saturated carbocycles. The van der Waals surface area contributed by atoms with Gasteiger partial charge in [-0.2, -0.15) is 4.91 Å². The smallest absolute Gasteiger partial charge is 0.159 e. The Morgan fingerprint density at radius 1 is 1.13 bits per heavy atom. The maximum atomic E-state index is 10.7. The van der Waals surface area contributed by atoms with Gasteiger partial charge in [0.2, 0.25) is 0 Å². The van der Waals surface area contributed by atoms with Crippen LogP contribution in [0.1, 0.15) is 11.1 Å². The summed E-state index contributed by atoms with van der Waals surface area (Å²) in [6, 6.07) is 15.3. The highest BCUT2D eigenvalue weighted by molar-refractivity contribution is 6.30. The Bertz CT molecular complexity index is 850. The first-order chi connectivity index (χ1) is 11.2. The van der Waals surface area contributed by atoms with Gasteiger partial charge in [-0.25, -0.2) is 9.97 Å². The third-order valence-electron chi connectivity index (χ3n) is 3.57. The average Bonchev–Trinajstić information content (AvgIpc) is 2.57. The highest BCUT2D eigenvalue weighted by Crippen LogP contribution is 2.29. The van der Waals surface area contributed by atoms with E-state index in [0.29, 0.717) is 22.1 Å². The van der Waals surface area contributed by atoms with E-state index in [9.17, 15) is 4.91 Å². The highest BCUT2D eigenvalue weighted by atomic mass is 35.5. The quantitative estimate of drug-likeness (QED) is 0.632. The number of hydrogen-bond donors (Lipinski definition) is 0. The summed E-state index contributed by atoms with van der Waals surface area (Å²) in [5, 5.41) is 3.65. The van der Waals surface area contributed by atoms with Crippen LogP contribution in [-0.4, -0.2) is 9.97 Å². The van der Waals surface area contributed by atoms with E-state index in [4.69, 9.17) is 11.6 Å². The van der Waals surface area contributed by atoms with E-state index in [1.807, 2.05) is 55.5 Å². The standard InChI is InChI=1S/C18H14ClN3O/c1-12-9-15(19)7-8-16(12)17-14(11-21-23)10-20-18(22-17)13-5-3-2-4-6-13/h2-10H,11H2,1H3. The molecule has 3 aromatic rings. The molecule has 3 rings (SSSR count). The van der Waals surface area contributed by atoms with E-state index in [1.165, 1.54) is 0 Å². The summed E-state index contributed by atoms with van der Waals surface area (Å²) in [7, 11) is 0. The molecule has 114 valence electrons. The molecule has 0 atom stereocenters. The zero-order valence-electron chi connectivity index (χ0n) is 12.5. The van der Waals surface area contributed by atoms with E-state index in [0.717, 1.165) is 16.7 Å². The van der Waals surface area contributed by atoms with Crippen LogP contribution in [0.4, 0.5) is 0 Å². The fourth-order valence-electron chi connectivity index (χ4n) is 2.44. The van der Waals surface area contributed by atoms with Crippen LogP contribution in [0.5, 0.6) is 0 Å². The van der Waals surface area contributed by atoms with Crippen LogP contribution in [0.3, 0.4) is 0 Å². The Morgan fingerprint density at radius 3 is 2.61 bits per heavy atom. The van der Waals surface area contributed by atoms with E-state index in [1.54, 1.807) is 6.20 Å². The number of benzene rings is 2. The molecule has 0 radical (unpaired) electrons. The molecule has 0 unspecified atom stereocenters. The Balaban J connectivity index is 2.17. The number of rotatable bonds is 4.